The molecule has 0 saturated heterocycles. The normalized spacial score (nSPS) is 13.0. The molecule has 1 nitrogen and oxygen atoms in total. The molecule has 0 saturated carbocycles. The lowest BCUT2D eigenvalue weighted by atomic mass is 9.88. The largest absolute Gasteiger partial charge is 0.200 e. The number of rotatable bonds is 0. The first-order valence-corrected chi connectivity index (χ1v) is 5.23. The predicted molar refractivity (Wildman–Crippen MR) is 60.3 cm³/mol. The van der Waals surface area contributed by atoms with Crippen molar-refractivity contribution in [3.8, 4) is 0 Å². The minimum absolute atomic E-state index is 0.168. The molecule has 1 heterocycles. The van der Waals surface area contributed by atoms with Gasteiger partial charge in [0.05, 0.1) is 0 Å². The first-order chi connectivity index (χ1) is 6.21. The highest BCUT2D eigenvalue weighted by Crippen LogP contribution is 2.20. The van der Waals surface area contributed by atoms with Crippen molar-refractivity contribution in [2.24, 2.45) is 0 Å². The van der Waals surface area contributed by atoms with Gasteiger partial charge in [0, 0.05) is 32.4 Å². The van der Waals surface area contributed by atoms with Crippen LogP contribution in [0.1, 0.15) is 47.1 Å². The van der Waals surface area contributed by atoms with Crippen LogP contribution in [-0.4, -0.2) is 0 Å². The van der Waals surface area contributed by atoms with Crippen LogP contribution in [-0.2, 0) is 11.0 Å². The van der Waals surface area contributed by atoms with Gasteiger partial charge in [-0.1, -0.05) is 20.8 Å². The van der Waals surface area contributed by atoms with Crippen LogP contribution in [0.3, 0.4) is 0 Å². The van der Waals surface area contributed by atoms with Crippen LogP contribution in [0, 0.1) is 0 Å². The Morgan fingerprint density at radius 3 is 2.00 bits per heavy atom. The molecule has 78 valence electrons. The number of hydrogen-bond donors (Lipinski definition) is 0. The van der Waals surface area contributed by atoms with Crippen LogP contribution in [0.4, 0.5) is 0 Å². The summed E-state index contributed by atoms with van der Waals surface area (Å²) in [5.41, 5.74) is 1.78. The molecule has 0 bridgehead atoms. The number of pyridine rings is 1. The first kappa shape index (κ1) is 11.2. The number of hydrogen-bond acceptors (Lipinski definition) is 0. The summed E-state index contributed by atoms with van der Waals surface area (Å²) in [6, 6.07) is 4.33. The fourth-order valence-electron chi connectivity index (χ4n) is 1.34. The summed E-state index contributed by atoms with van der Waals surface area (Å²) >= 11 is 0. The second-order valence-electron chi connectivity index (χ2n) is 5.92. The van der Waals surface area contributed by atoms with Gasteiger partial charge >= 0.3 is 0 Å². The molecule has 0 aromatic carbocycles. The van der Waals surface area contributed by atoms with Gasteiger partial charge in [-0.15, -0.1) is 0 Å². The van der Waals surface area contributed by atoms with Crippen molar-refractivity contribution in [3.05, 3.63) is 30.1 Å². The Morgan fingerprint density at radius 2 is 1.57 bits per heavy atom. The van der Waals surface area contributed by atoms with E-state index in [-0.39, 0.29) is 11.0 Å². The van der Waals surface area contributed by atoms with E-state index in [0.717, 1.165) is 0 Å². The SMILES string of the molecule is CC(C)(C)c1ccc[n+](C(C)(C)C)c1. The van der Waals surface area contributed by atoms with E-state index in [2.05, 4.69) is 70.6 Å². The van der Waals surface area contributed by atoms with Crippen molar-refractivity contribution in [2.75, 3.05) is 0 Å². The minimum Gasteiger partial charge on any atom is -0.200 e. The molecule has 1 rings (SSSR count). The Kier molecular flexibility index (Phi) is 2.71. The molecule has 0 amide bonds. The van der Waals surface area contributed by atoms with Crippen LogP contribution >= 0.6 is 0 Å². The lowest BCUT2D eigenvalue weighted by Gasteiger charge is -2.20. The van der Waals surface area contributed by atoms with E-state index in [4.69, 9.17) is 0 Å². The van der Waals surface area contributed by atoms with Gasteiger partial charge < -0.3 is 0 Å². The second-order valence-corrected chi connectivity index (χ2v) is 5.92. The van der Waals surface area contributed by atoms with Gasteiger partial charge in [-0.3, -0.25) is 0 Å². The van der Waals surface area contributed by atoms with Crippen LogP contribution in [0.25, 0.3) is 0 Å². The first-order valence-electron chi connectivity index (χ1n) is 5.23. The summed E-state index contributed by atoms with van der Waals surface area (Å²) in [5, 5.41) is 0. The quantitative estimate of drug-likeness (QED) is 0.556. The van der Waals surface area contributed by atoms with Gasteiger partial charge in [0.25, 0.3) is 0 Å². The van der Waals surface area contributed by atoms with Gasteiger partial charge in [0.15, 0.2) is 17.9 Å². The zero-order valence-corrected chi connectivity index (χ0v) is 10.3. The highest BCUT2D eigenvalue weighted by molar-refractivity contribution is 5.15. The Morgan fingerprint density at radius 1 is 1.00 bits per heavy atom. The molecule has 14 heavy (non-hydrogen) atoms. The average molecular weight is 192 g/mol. The van der Waals surface area contributed by atoms with Crippen LogP contribution in [0.2, 0.25) is 0 Å². The fraction of sp³-hybridized carbons (Fsp3) is 0.615. The summed E-state index contributed by atoms with van der Waals surface area (Å²) in [6.45, 7) is 13.4. The molecule has 0 aliphatic carbocycles. The van der Waals surface area contributed by atoms with Crippen molar-refractivity contribution in [1.29, 1.82) is 0 Å². The van der Waals surface area contributed by atoms with Gasteiger partial charge in [-0.05, 0) is 11.5 Å². The van der Waals surface area contributed by atoms with E-state index in [1.54, 1.807) is 0 Å². The topological polar surface area (TPSA) is 3.88 Å². The van der Waals surface area contributed by atoms with Crippen molar-refractivity contribution in [2.45, 2.75) is 52.5 Å². The lowest BCUT2D eigenvalue weighted by Crippen LogP contribution is -2.50. The molecule has 0 N–H and O–H groups in total. The van der Waals surface area contributed by atoms with Crippen molar-refractivity contribution in [1.82, 2.24) is 0 Å². The summed E-state index contributed by atoms with van der Waals surface area (Å²) in [4.78, 5) is 0. The van der Waals surface area contributed by atoms with E-state index in [0.29, 0.717) is 0 Å². The molecule has 0 radical (unpaired) electrons. The molecule has 0 fully saturated rings. The standard InChI is InChI=1S/C13H22N/c1-12(2,3)11-8-7-9-14(10-11)13(4,5)6/h7-10H,1-6H3/q+1. The Hall–Kier alpha value is -0.850. The third kappa shape index (κ3) is 2.57. The monoisotopic (exact) mass is 192 g/mol. The molecular formula is C13H22N+. The molecule has 0 aliphatic rings. The number of nitrogens with zero attached hydrogens (tertiary/aromatic N) is 1. The van der Waals surface area contributed by atoms with Crippen LogP contribution < -0.4 is 4.57 Å². The molecule has 1 aromatic heterocycles. The zero-order valence-electron chi connectivity index (χ0n) is 10.3. The molecular weight excluding hydrogens is 170 g/mol. The third-order valence-electron chi connectivity index (χ3n) is 2.44. The van der Waals surface area contributed by atoms with Gasteiger partial charge in [-0.2, -0.15) is 0 Å². The third-order valence-corrected chi connectivity index (χ3v) is 2.44. The fourth-order valence-corrected chi connectivity index (χ4v) is 1.34. The van der Waals surface area contributed by atoms with Crippen molar-refractivity contribution >= 4 is 0 Å². The molecule has 1 heteroatoms. The van der Waals surface area contributed by atoms with Crippen molar-refractivity contribution < 1.29 is 4.57 Å². The van der Waals surface area contributed by atoms with E-state index in [9.17, 15) is 0 Å². The number of aromatic nitrogens is 1. The average Bonchev–Trinajstić information content (AvgIpc) is 2.01. The maximum absolute atomic E-state index is 2.27. The Labute approximate surface area is 87.8 Å². The summed E-state index contributed by atoms with van der Waals surface area (Å²) in [7, 11) is 0. The summed E-state index contributed by atoms with van der Waals surface area (Å²) in [6.07, 6.45) is 4.38. The minimum atomic E-state index is 0.168. The van der Waals surface area contributed by atoms with Gasteiger partial charge in [0.2, 0.25) is 0 Å². The van der Waals surface area contributed by atoms with E-state index in [1.165, 1.54) is 5.56 Å². The molecule has 0 spiro atoms. The predicted octanol–water partition coefficient (Wildman–Crippen LogP) is 3.03. The van der Waals surface area contributed by atoms with Crippen LogP contribution in [0.15, 0.2) is 24.5 Å². The van der Waals surface area contributed by atoms with Gasteiger partial charge in [0.1, 0.15) is 0 Å². The second kappa shape index (κ2) is 3.38. The maximum atomic E-state index is 2.27. The summed E-state index contributed by atoms with van der Waals surface area (Å²) < 4.78 is 2.27. The molecule has 0 atom stereocenters. The smallest absolute Gasteiger partial charge is 0.172 e. The van der Waals surface area contributed by atoms with Gasteiger partial charge in [-0.25, -0.2) is 4.57 Å². The molecule has 0 aliphatic heterocycles. The molecule has 1 aromatic rings. The maximum Gasteiger partial charge on any atom is 0.172 e. The molecule has 0 unspecified atom stereocenters. The van der Waals surface area contributed by atoms with E-state index < -0.39 is 0 Å². The van der Waals surface area contributed by atoms with E-state index >= 15 is 0 Å². The lowest BCUT2D eigenvalue weighted by molar-refractivity contribution is -0.754. The zero-order chi connectivity index (χ0) is 11.0. The highest BCUT2D eigenvalue weighted by Gasteiger charge is 2.24. The van der Waals surface area contributed by atoms with Crippen molar-refractivity contribution in [3.63, 3.8) is 0 Å². The van der Waals surface area contributed by atoms with E-state index in [1.807, 2.05) is 0 Å². The van der Waals surface area contributed by atoms with Crippen LogP contribution in [0.5, 0.6) is 0 Å². The highest BCUT2D eigenvalue weighted by atomic mass is 15.0. The summed E-state index contributed by atoms with van der Waals surface area (Å²) in [5.74, 6) is 0. The Bertz CT molecular complexity index is 283. The Balaban J connectivity index is 3.15.